The maximum atomic E-state index is 11.1. The van der Waals surface area contributed by atoms with E-state index in [4.69, 9.17) is 4.42 Å². The van der Waals surface area contributed by atoms with Gasteiger partial charge in [0.05, 0.1) is 5.52 Å². The van der Waals surface area contributed by atoms with Crippen LogP contribution in [0.15, 0.2) is 45.6 Å². The number of hydrogen-bond acceptors (Lipinski definition) is 3. The van der Waals surface area contributed by atoms with E-state index in [1.54, 1.807) is 6.07 Å². The third-order valence-electron chi connectivity index (χ3n) is 3.49. The van der Waals surface area contributed by atoms with Gasteiger partial charge in [-0.3, -0.25) is 4.98 Å². The Balaban J connectivity index is 1.78. The molecule has 0 amide bonds. The van der Waals surface area contributed by atoms with Gasteiger partial charge in [0.15, 0.2) is 5.58 Å². The fraction of sp³-hybridized carbons (Fsp3) is 0.188. The molecule has 20 heavy (non-hydrogen) atoms. The molecule has 1 aromatic heterocycles. The van der Waals surface area contributed by atoms with Gasteiger partial charge in [0.25, 0.3) is 0 Å². The highest BCUT2D eigenvalue weighted by molar-refractivity contribution is 5.76. The van der Waals surface area contributed by atoms with Crippen LogP contribution in [0.25, 0.3) is 11.1 Å². The lowest BCUT2D eigenvalue weighted by Crippen LogP contribution is -2.00. The first-order valence-electron chi connectivity index (χ1n) is 6.55. The van der Waals surface area contributed by atoms with Crippen molar-refractivity contribution in [3.05, 3.63) is 63.6 Å². The van der Waals surface area contributed by atoms with Crippen LogP contribution in [0, 0.1) is 13.8 Å². The molecule has 0 saturated heterocycles. The zero-order chi connectivity index (χ0) is 14.1. The van der Waals surface area contributed by atoms with Gasteiger partial charge in [-0.15, -0.1) is 0 Å². The third-order valence-corrected chi connectivity index (χ3v) is 3.49. The van der Waals surface area contributed by atoms with Crippen molar-refractivity contribution in [1.82, 2.24) is 4.98 Å². The van der Waals surface area contributed by atoms with Crippen LogP contribution in [-0.2, 0) is 6.54 Å². The van der Waals surface area contributed by atoms with E-state index in [0.717, 1.165) is 12.2 Å². The molecule has 2 aromatic carbocycles. The van der Waals surface area contributed by atoms with Gasteiger partial charge in [-0.2, -0.15) is 0 Å². The molecule has 0 fully saturated rings. The van der Waals surface area contributed by atoms with Crippen LogP contribution in [0.1, 0.15) is 16.7 Å². The minimum absolute atomic E-state index is 0.425. The third kappa shape index (κ3) is 2.45. The number of benzene rings is 2. The summed E-state index contributed by atoms with van der Waals surface area (Å²) in [5.74, 6) is -0.425. The normalized spacial score (nSPS) is 10.9. The second kappa shape index (κ2) is 4.89. The van der Waals surface area contributed by atoms with Crippen molar-refractivity contribution >= 4 is 16.8 Å². The summed E-state index contributed by atoms with van der Waals surface area (Å²) >= 11 is 0. The fourth-order valence-electron chi connectivity index (χ4n) is 2.18. The SMILES string of the molecule is Cc1ccc(CNc2ccc3oc(=O)[nH]c3c2)cc1C. The Bertz CT molecular complexity index is 815. The largest absolute Gasteiger partial charge is 0.417 e. The molecule has 0 aliphatic heterocycles. The van der Waals surface area contributed by atoms with E-state index in [0.29, 0.717) is 11.1 Å². The monoisotopic (exact) mass is 268 g/mol. The van der Waals surface area contributed by atoms with E-state index in [1.165, 1.54) is 16.7 Å². The number of rotatable bonds is 3. The van der Waals surface area contributed by atoms with Gasteiger partial charge in [-0.05, 0) is 48.7 Å². The van der Waals surface area contributed by atoms with Crippen LogP contribution in [0.4, 0.5) is 5.69 Å². The van der Waals surface area contributed by atoms with Crippen molar-refractivity contribution in [2.75, 3.05) is 5.32 Å². The summed E-state index contributed by atoms with van der Waals surface area (Å²) in [5.41, 5.74) is 6.05. The summed E-state index contributed by atoms with van der Waals surface area (Å²) < 4.78 is 4.98. The molecule has 0 saturated carbocycles. The molecule has 4 nitrogen and oxygen atoms in total. The highest BCUT2D eigenvalue weighted by Crippen LogP contribution is 2.17. The molecule has 0 spiro atoms. The molecule has 2 N–H and O–H groups in total. The van der Waals surface area contributed by atoms with Crippen molar-refractivity contribution in [2.24, 2.45) is 0 Å². The molecule has 0 radical (unpaired) electrons. The Kier molecular flexibility index (Phi) is 3.06. The number of nitrogens with one attached hydrogen (secondary N) is 2. The Morgan fingerprint density at radius 1 is 1.10 bits per heavy atom. The molecule has 0 bridgehead atoms. The summed E-state index contributed by atoms with van der Waals surface area (Å²) in [6.07, 6.45) is 0. The molecule has 0 aliphatic carbocycles. The number of anilines is 1. The number of H-pyrrole nitrogens is 1. The van der Waals surface area contributed by atoms with Crippen LogP contribution in [0.3, 0.4) is 0 Å². The number of aromatic nitrogens is 1. The molecule has 1 heterocycles. The van der Waals surface area contributed by atoms with Crippen molar-refractivity contribution in [2.45, 2.75) is 20.4 Å². The predicted molar refractivity (Wildman–Crippen MR) is 80.1 cm³/mol. The number of aromatic amines is 1. The zero-order valence-corrected chi connectivity index (χ0v) is 11.5. The Morgan fingerprint density at radius 2 is 1.95 bits per heavy atom. The molecule has 0 unspecified atom stereocenters. The van der Waals surface area contributed by atoms with E-state index in [-0.39, 0.29) is 0 Å². The molecule has 3 rings (SSSR count). The van der Waals surface area contributed by atoms with Crippen LogP contribution in [-0.4, -0.2) is 4.98 Å². The smallest absolute Gasteiger partial charge is 0.408 e. The van der Waals surface area contributed by atoms with Gasteiger partial charge in [0.2, 0.25) is 0 Å². The Morgan fingerprint density at radius 3 is 2.75 bits per heavy atom. The zero-order valence-electron chi connectivity index (χ0n) is 11.5. The van der Waals surface area contributed by atoms with E-state index in [2.05, 4.69) is 42.3 Å². The van der Waals surface area contributed by atoms with Crippen molar-refractivity contribution < 1.29 is 4.42 Å². The van der Waals surface area contributed by atoms with E-state index >= 15 is 0 Å². The van der Waals surface area contributed by atoms with Gasteiger partial charge < -0.3 is 9.73 Å². The van der Waals surface area contributed by atoms with Gasteiger partial charge in [-0.1, -0.05) is 18.2 Å². The minimum atomic E-state index is -0.425. The van der Waals surface area contributed by atoms with Crippen molar-refractivity contribution in [1.29, 1.82) is 0 Å². The lowest BCUT2D eigenvalue weighted by Gasteiger charge is -2.08. The average Bonchev–Trinajstić information content (AvgIpc) is 2.79. The molecule has 3 aromatic rings. The summed E-state index contributed by atoms with van der Waals surface area (Å²) in [6.45, 7) is 4.96. The number of oxazole rings is 1. The van der Waals surface area contributed by atoms with E-state index < -0.39 is 5.76 Å². The summed E-state index contributed by atoms with van der Waals surface area (Å²) in [5, 5.41) is 3.35. The lowest BCUT2D eigenvalue weighted by molar-refractivity contribution is 0.555. The first-order valence-corrected chi connectivity index (χ1v) is 6.55. The first-order chi connectivity index (χ1) is 9.61. The second-order valence-electron chi connectivity index (χ2n) is 5.00. The summed E-state index contributed by atoms with van der Waals surface area (Å²) in [7, 11) is 0. The van der Waals surface area contributed by atoms with Crippen LogP contribution >= 0.6 is 0 Å². The first kappa shape index (κ1) is 12.5. The van der Waals surface area contributed by atoms with E-state index in [1.807, 2.05) is 12.1 Å². The van der Waals surface area contributed by atoms with Crippen LogP contribution in [0.2, 0.25) is 0 Å². The second-order valence-corrected chi connectivity index (χ2v) is 5.00. The molecule has 4 heteroatoms. The average molecular weight is 268 g/mol. The number of aryl methyl sites for hydroxylation is 2. The number of fused-ring (bicyclic) bond motifs is 1. The molecular formula is C16H16N2O2. The van der Waals surface area contributed by atoms with Crippen LogP contribution < -0.4 is 11.1 Å². The topological polar surface area (TPSA) is 58.0 Å². The van der Waals surface area contributed by atoms with Gasteiger partial charge in [-0.25, -0.2) is 4.79 Å². The van der Waals surface area contributed by atoms with Crippen molar-refractivity contribution in [3.63, 3.8) is 0 Å². The van der Waals surface area contributed by atoms with Crippen molar-refractivity contribution in [3.8, 4) is 0 Å². The highest BCUT2D eigenvalue weighted by Gasteiger charge is 2.02. The standard InChI is InChI=1S/C16H16N2O2/c1-10-3-4-12(7-11(10)2)9-17-13-5-6-15-14(8-13)18-16(19)20-15/h3-8,17H,9H2,1-2H3,(H,18,19). The van der Waals surface area contributed by atoms with Gasteiger partial charge in [0, 0.05) is 12.2 Å². The quantitative estimate of drug-likeness (QED) is 0.766. The summed E-state index contributed by atoms with van der Waals surface area (Å²) in [6, 6.07) is 12.0. The predicted octanol–water partition coefficient (Wildman–Crippen LogP) is 3.35. The molecular weight excluding hydrogens is 252 g/mol. The summed E-state index contributed by atoms with van der Waals surface area (Å²) in [4.78, 5) is 13.8. The Hall–Kier alpha value is -2.49. The van der Waals surface area contributed by atoms with Crippen LogP contribution in [0.5, 0.6) is 0 Å². The maximum Gasteiger partial charge on any atom is 0.417 e. The molecule has 102 valence electrons. The van der Waals surface area contributed by atoms with E-state index in [9.17, 15) is 4.79 Å². The molecule has 0 aliphatic rings. The lowest BCUT2D eigenvalue weighted by atomic mass is 10.1. The molecule has 0 atom stereocenters. The van der Waals surface area contributed by atoms with Gasteiger partial charge in [0.1, 0.15) is 0 Å². The maximum absolute atomic E-state index is 11.1. The van der Waals surface area contributed by atoms with Gasteiger partial charge >= 0.3 is 5.76 Å². The number of hydrogen-bond donors (Lipinski definition) is 2. The highest BCUT2D eigenvalue weighted by atomic mass is 16.4. The minimum Gasteiger partial charge on any atom is -0.408 e. The fourth-order valence-corrected chi connectivity index (χ4v) is 2.18. The Labute approximate surface area is 116 Å².